The SMILES string of the molecule is CCCNCCNC(=O)c1cnc2onc(CC)c2c1.Cl. The molecular weight excluding hydrogens is 292 g/mol. The predicted octanol–water partition coefficient (Wildman–Crippen LogP) is 1.94. The van der Waals surface area contributed by atoms with E-state index in [1.165, 1.54) is 6.20 Å². The zero-order chi connectivity index (χ0) is 14.4. The first kappa shape index (κ1) is 17.4. The second kappa shape index (κ2) is 8.59. The van der Waals surface area contributed by atoms with Crippen molar-refractivity contribution in [3.8, 4) is 0 Å². The monoisotopic (exact) mass is 312 g/mol. The molecule has 2 rings (SSSR count). The normalized spacial score (nSPS) is 10.4. The van der Waals surface area contributed by atoms with Gasteiger partial charge in [0.05, 0.1) is 16.6 Å². The molecular formula is C14H21ClN4O2. The van der Waals surface area contributed by atoms with Gasteiger partial charge in [0, 0.05) is 19.3 Å². The van der Waals surface area contributed by atoms with E-state index >= 15 is 0 Å². The maximum atomic E-state index is 12.0. The fraction of sp³-hybridized carbons (Fsp3) is 0.500. The van der Waals surface area contributed by atoms with Crippen LogP contribution in [0.25, 0.3) is 11.1 Å². The van der Waals surface area contributed by atoms with Crippen molar-refractivity contribution in [2.24, 2.45) is 0 Å². The molecule has 2 aromatic rings. The molecule has 0 aliphatic heterocycles. The molecule has 0 unspecified atom stereocenters. The lowest BCUT2D eigenvalue weighted by Gasteiger charge is -2.05. The number of pyridine rings is 1. The van der Waals surface area contributed by atoms with Crippen molar-refractivity contribution < 1.29 is 9.32 Å². The van der Waals surface area contributed by atoms with Crippen molar-refractivity contribution in [1.82, 2.24) is 20.8 Å². The molecule has 7 heteroatoms. The Morgan fingerprint density at radius 3 is 2.81 bits per heavy atom. The Morgan fingerprint density at radius 1 is 1.29 bits per heavy atom. The molecule has 0 spiro atoms. The lowest BCUT2D eigenvalue weighted by atomic mass is 10.1. The Bertz CT molecular complexity index is 585. The number of nitrogens with one attached hydrogen (secondary N) is 2. The minimum atomic E-state index is -0.124. The first-order chi connectivity index (χ1) is 9.76. The number of halogens is 1. The van der Waals surface area contributed by atoms with Crippen LogP contribution in [0, 0.1) is 0 Å². The van der Waals surface area contributed by atoms with Crippen molar-refractivity contribution in [2.45, 2.75) is 26.7 Å². The van der Waals surface area contributed by atoms with Crippen molar-refractivity contribution in [1.29, 1.82) is 0 Å². The number of carbonyl (C=O) groups is 1. The summed E-state index contributed by atoms with van der Waals surface area (Å²) >= 11 is 0. The third kappa shape index (κ3) is 4.41. The Balaban J connectivity index is 0.00000220. The van der Waals surface area contributed by atoms with Crippen LogP contribution in [-0.4, -0.2) is 35.7 Å². The van der Waals surface area contributed by atoms with Gasteiger partial charge in [0.2, 0.25) is 0 Å². The van der Waals surface area contributed by atoms with Gasteiger partial charge in [-0.15, -0.1) is 12.4 Å². The molecule has 2 N–H and O–H groups in total. The fourth-order valence-electron chi connectivity index (χ4n) is 1.93. The van der Waals surface area contributed by atoms with Crippen LogP contribution in [-0.2, 0) is 6.42 Å². The van der Waals surface area contributed by atoms with E-state index in [0.29, 0.717) is 17.8 Å². The largest absolute Gasteiger partial charge is 0.351 e. The first-order valence-electron chi connectivity index (χ1n) is 6.99. The molecule has 116 valence electrons. The molecule has 2 heterocycles. The van der Waals surface area contributed by atoms with E-state index in [9.17, 15) is 4.79 Å². The molecule has 0 saturated heterocycles. The zero-order valence-corrected chi connectivity index (χ0v) is 13.1. The van der Waals surface area contributed by atoms with Crippen LogP contribution < -0.4 is 10.6 Å². The number of hydrogen-bond acceptors (Lipinski definition) is 5. The molecule has 0 fully saturated rings. The highest BCUT2D eigenvalue weighted by molar-refractivity contribution is 5.96. The Kier molecular flexibility index (Phi) is 7.11. The van der Waals surface area contributed by atoms with E-state index in [2.05, 4.69) is 27.7 Å². The summed E-state index contributed by atoms with van der Waals surface area (Å²) in [5.41, 5.74) is 1.83. The number of fused-ring (bicyclic) bond motifs is 1. The van der Waals surface area contributed by atoms with Crippen LogP contribution >= 0.6 is 12.4 Å². The van der Waals surface area contributed by atoms with Crippen LogP contribution in [0.4, 0.5) is 0 Å². The summed E-state index contributed by atoms with van der Waals surface area (Å²) in [5, 5.41) is 10.8. The van der Waals surface area contributed by atoms with Crippen molar-refractivity contribution >= 4 is 29.4 Å². The van der Waals surface area contributed by atoms with Crippen LogP contribution in [0.2, 0.25) is 0 Å². The molecule has 2 aromatic heterocycles. The molecule has 0 radical (unpaired) electrons. The average Bonchev–Trinajstić information content (AvgIpc) is 2.89. The van der Waals surface area contributed by atoms with E-state index in [4.69, 9.17) is 4.52 Å². The number of aryl methyl sites for hydroxylation is 1. The topological polar surface area (TPSA) is 80.0 Å². The number of nitrogens with zero attached hydrogens (tertiary/aromatic N) is 2. The van der Waals surface area contributed by atoms with E-state index in [0.717, 1.165) is 37.0 Å². The molecule has 0 aliphatic carbocycles. The highest BCUT2D eigenvalue weighted by Gasteiger charge is 2.12. The third-order valence-electron chi connectivity index (χ3n) is 3.02. The van der Waals surface area contributed by atoms with Gasteiger partial charge in [0.15, 0.2) is 0 Å². The van der Waals surface area contributed by atoms with Crippen molar-refractivity contribution in [2.75, 3.05) is 19.6 Å². The molecule has 0 aliphatic rings. The number of hydrogen-bond donors (Lipinski definition) is 2. The van der Waals surface area contributed by atoms with Gasteiger partial charge in [-0.25, -0.2) is 4.98 Å². The van der Waals surface area contributed by atoms with Crippen LogP contribution in [0.5, 0.6) is 0 Å². The lowest BCUT2D eigenvalue weighted by molar-refractivity contribution is 0.0953. The van der Waals surface area contributed by atoms with Crippen LogP contribution in [0.1, 0.15) is 36.3 Å². The highest BCUT2D eigenvalue weighted by Crippen LogP contribution is 2.17. The van der Waals surface area contributed by atoms with Gasteiger partial charge in [0.25, 0.3) is 11.6 Å². The fourth-order valence-corrected chi connectivity index (χ4v) is 1.93. The van der Waals surface area contributed by atoms with Gasteiger partial charge in [-0.3, -0.25) is 4.79 Å². The summed E-state index contributed by atoms with van der Waals surface area (Å²) in [6.07, 6.45) is 3.35. The van der Waals surface area contributed by atoms with E-state index in [-0.39, 0.29) is 18.3 Å². The molecule has 0 atom stereocenters. The summed E-state index contributed by atoms with van der Waals surface area (Å²) in [4.78, 5) is 16.1. The van der Waals surface area contributed by atoms with Gasteiger partial charge in [-0.05, 0) is 25.5 Å². The van der Waals surface area contributed by atoms with Gasteiger partial charge in [-0.1, -0.05) is 19.0 Å². The summed E-state index contributed by atoms with van der Waals surface area (Å²) in [5.74, 6) is -0.124. The quantitative estimate of drug-likeness (QED) is 0.764. The van der Waals surface area contributed by atoms with Gasteiger partial charge in [0.1, 0.15) is 0 Å². The number of amides is 1. The lowest BCUT2D eigenvalue weighted by Crippen LogP contribution is -2.32. The second-order valence-corrected chi connectivity index (χ2v) is 4.57. The maximum absolute atomic E-state index is 12.0. The Labute approximate surface area is 130 Å². The predicted molar refractivity (Wildman–Crippen MR) is 83.9 cm³/mol. The van der Waals surface area contributed by atoms with Gasteiger partial charge >= 0.3 is 0 Å². The third-order valence-corrected chi connectivity index (χ3v) is 3.02. The van der Waals surface area contributed by atoms with Gasteiger partial charge < -0.3 is 15.2 Å². The van der Waals surface area contributed by atoms with E-state index in [1.807, 2.05) is 6.92 Å². The first-order valence-corrected chi connectivity index (χ1v) is 6.99. The molecule has 0 aromatic carbocycles. The van der Waals surface area contributed by atoms with Crippen molar-refractivity contribution in [3.05, 3.63) is 23.5 Å². The summed E-state index contributed by atoms with van der Waals surface area (Å²) in [6.45, 7) is 6.42. The number of carbonyl (C=O) groups excluding carboxylic acids is 1. The molecule has 1 amide bonds. The summed E-state index contributed by atoms with van der Waals surface area (Å²) < 4.78 is 5.10. The summed E-state index contributed by atoms with van der Waals surface area (Å²) in [6, 6.07) is 1.78. The zero-order valence-electron chi connectivity index (χ0n) is 12.3. The second-order valence-electron chi connectivity index (χ2n) is 4.57. The number of rotatable bonds is 7. The number of aromatic nitrogens is 2. The molecule has 0 bridgehead atoms. The molecule has 21 heavy (non-hydrogen) atoms. The Morgan fingerprint density at radius 2 is 2.10 bits per heavy atom. The van der Waals surface area contributed by atoms with Crippen LogP contribution in [0.3, 0.4) is 0 Å². The maximum Gasteiger partial charge on any atom is 0.257 e. The highest BCUT2D eigenvalue weighted by atomic mass is 35.5. The summed E-state index contributed by atoms with van der Waals surface area (Å²) in [7, 11) is 0. The van der Waals surface area contributed by atoms with E-state index < -0.39 is 0 Å². The van der Waals surface area contributed by atoms with Crippen LogP contribution in [0.15, 0.2) is 16.8 Å². The smallest absolute Gasteiger partial charge is 0.257 e. The Hall–Kier alpha value is -1.66. The standard InChI is InChI=1S/C14H20N4O2.ClH/c1-3-5-15-6-7-16-13(19)10-8-11-12(4-2)18-20-14(11)17-9-10;/h8-9,15H,3-7H2,1-2H3,(H,16,19);1H. The average molecular weight is 313 g/mol. The van der Waals surface area contributed by atoms with Gasteiger partial charge in [-0.2, -0.15) is 0 Å². The van der Waals surface area contributed by atoms with E-state index in [1.54, 1.807) is 6.07 Å². The minimum Gasteiger partial charge on any atom is -0.351 e. The molecule has 0 saturated carbocycles. The minimum absolute atomic E-state index is 0. The molecule has 6 nitrogen and oxygen atoms in total. The van der Waals surface area contributed by atoms with Crippen molar-refractivity contribution in [3.63, 3.8) is 0 Å².